The molecule has 1 rings (SSSR count). The Morgan fingerprint density at radius 2 is 1.19 bits per heavy atom. The summed E-state index contributed by atoms with van der Waals surface area (Å²) in [7, 11) is 0. The topological polar surface area (TPSA) is 22.1 Å². The molecule has 2 nitrogen and oxygen atoms in total. The molecule has 1 heterocycles. The number of hydrogen-bond donors (Lipinski definition) is 0. The number of ether oxygens (including phenoxy) is 1. The molecule has 1 aromatic heterocycles. The molecule has 1 aromatic rings. The summed E-state index contributed by atoms with van der Waals surface area (Å²) < 4.78 is 5.05. The molecule has 0 amide bonds. The first-order valence-electron chi connectivity index (χ1n) is 8.20. The Morgan fingerprint density at radius 3 is 1.38 bits per heavy atom. The summed E-state index contributed by atoms with van der Waals surface area (Å²) in [6.45, 7) is 15.7. The monoisotopic (exact) mass is 423 g/mol. The summed E-state index contributed by atoms with van der Waals surface area (Å²) in [5.74, 6) is 0. The SMILES string of the molecule is CCCC.CCCC.CCCC.CCOc1nccs1.[Sn]. The summed E-state index contributed by atoms with van der Waals surface area (Å²) in [5.41, 5.74) is 0. The Kier molecular flexibility index (Phi) is 44.9. The Bertz CT molecular complexity index is 203. The minimum absolute atomic E-state index is 0. The second kappa shape index (κ2) is 32.3. The molecule has 0 fully saturated rings. The summed E-state index contributed by atoms with van der Waals surface area (Å²) in [5, 5.41) is 2.65. The molecule has 0 atom stereocenters. The fourth-order valence-corrected chi connectivity index (χ4v) is 0.951. The maximum Gasteiger partial charge on any atom is 0.273 e. The Balaban J connectivity index is -0.0000000973. The predicted octanol–water partition coefficient (Wildman–Crippen LogP) is 6.58. The van der Waals surface area contributed by atoms with Crippen molar-refractivity contribution < 1.29 is 4.74 Å². The smallest absolute Gasteiger partial charge is 0.273 e. The van der Waals surface area contributed by atoms with Gasteiger partial charge in [0.15, 0.2) is 0 Å². The van der Waals surface area contributed by atoms with E-state index in [2.05, 4.69) is 46.5 Å². The first-order valence-corrected chi connectivity index (χ1v) is 9.08. The van der Waals surface area contributed by atoms with E-state index < -0.39 is 0 Å². The van der Waals surface area contributed by atoms with E-state index in [0.29, 0.717) is 6.61 Å². The van der Waals surface area contributed by atoms with Crippen molar-refractivity contribution in [2.75, 3.05) is 6.61 Å². The number of hydrogen-bond acceptors (Lipinski definition) is 3. The molecular formula is C17H37NOSSn. The molecular weight excluding hydrogens is 385 g/mol. The van der Waals surface area contributed by atoms with Gasteiger partial charge in [-0.15, -0.1) is 0 Å². The van der Waals surface area contributed by atoms with Gasteiger partial charge in [-0.2, -0.15) is 0 Å². The second-order valence-electron chi connectivity index (χ2n) is 4.23. The van der Waals surface area contributed by atoms with E-state index in [-0.39, 0.29) is 23.9 Å². The van der Waals surface area contributed by atoms with E-state index in [0.717, 1.165) is 5.19 Å². The van der Waals surface area contributed by atoms with Crippen molar-refractivity contribution in [2.45, 2.75) is 87.0 Å². The normalized spacial score (nSPS) is 7.76. The first-order chi connectivity index (χ1) is 9.67. The average molecular weight is 422 g/mol. The standard InChI is InChI=1S/C5H7NOS.3C4H10.Sn/c1-2-7-5-6-3-4-8-5;3*1-3-4-2;/h3-4H,2H2,1H3;3*3-4H2,1-2H3;. The van der Waals surface area contributed by atoms with Crippen molar-refractivity contribution in [3.05, 3.63) is 11.6 Å². The zero-order valence-corrected chi connectivity index (χ0v) is 19.0. The number of aromatic nitrogens is 1. The van der Waals surface area contributed by atoms with Crippen molar-refractivity contribution >= 4 is 35.2 Å². The van der Waals surface area contributed by atoms with E-state index >= 15 is 0 Å². The van der Waals surface area contributed by atoms with Gasteiger partial charge < -0.3 is 4.74 Å². The van der Waals surface area contributed by atoms with E-state index in [1.807, 2.05) is 12.3 Å². The Labute approximate surface area is 155 Å². The third-order valence-corrected chi connectivity index (χ3v) is 2.86. The van der Waals surface area contributed by atoms with E-state index in [9.17, 15) is 0 Å². The van der Waals surface area contributed by atoms with Gasteiger partial charge in [0.05, 0.1) is 6.61 Å². The molecule has 126 valence electrons. The molecule has 0 N–H and O–H groups in total. The van der Waals surface area contributed by atoms with Crippen LogP contribution in [0.1, 0.15) is 87.0 Å². The quantitative estimate of drug-likeness (QED) is 0.500. The van der Waals surface area contributed by atoms with Crippen LogP contribution in [-0.4, -0.2) is 35.5 Å². The van der Waals surface area contributed by atoms with Crippen LogP contribution in [0.25, 0.3) is 0 Å². The summed E-state index contributed by atoms with van der Waals surface area (Å²) in [4.78, 5) is 3.90. The van der Waals surface area contributed by atoms with Gasteiger partial charge in [0.25, 0.3) is 5.19 Å². The molecule has 0 saturated carbocycles. The minimum Gasteiger partial charge on any atom is -0.470 e. The maximum absolute atomic E-state index is 5.05. The van der Waals surface area contributed by atoms with Gasteiger partial charge >= 0.3 is 0 Å². The molecule has 4 radical (unpaired) electrons. The Morgan fingerprint density at radius 1 is 0.810 bits per heavy atom. The molecule has 0 unspecified atom stereocenters. The van der Waals surface area contributed by atoms with Crippen LogP contribution in [0.3, 0.4) is 0 Å². The number of nitrogens with zero attached hydrogens (tertiary/aromatic N) is 1. The number of unbranched alkanes of at least 4 members (excludes halogenated alkanes) is 3. The molecule has 0 aliphatic heterocycles. The molecule has 0 aliphatic rings. The van der Waals surface area contributed by atoms with Gasteiger partial charge in [-0.05, 0) is 6.92 Å². The van der Waals surface area contributed by atoms with Crippen LogP contribution in [0.2, 0.25) is 0 Å². The van der Waals surface area contributed by atoms with Gasteiger partial charge in [-0.1, -0.05) is 91.4 Å². The molecule has 4 heteroatoms. The van der Waals surface area contributed by atoms with Crippen molar-refractivity contribution in [1.82, 2.24) is 4.98 Å². The van der Waals surface area contributed by atoms with Crippen LogP contribution in [0, 0.1) is 0 Å². The van der Waals surface area contributed by atoms with Gasteiger partial charge in [-0.3, -0.25) is 0 Å². The van der Waals surface area contributed by atoms with Gasteiger partial charge in [0.2, 0.25) is 0 Å². The predicted molar refractivity (Wildman–Crippen MR) is 101 cm³/mol. The van der Waals surface area contributed by atoms with E-state index in [1.165, 1.54) is 49.9 Å². The molecule has 0 spiro atoms. The van der Waals surface area contributed by atoms with Crippen LogP contribution in [0.5, 0.6) is 5.19 Å². The molecule has 0 saturated heterocycles. The summed E-state index contributed by atoms with van der Waals surface area (Å²) in [6.07, 6.45) is 9.65. The fraction of sp³-hybridized carbons (Fsp3) is 0.824. The third kappa shape index (κ3) is 38.4. The summed E-state index contributed by atoms with van der Waals surface area (Å²) in [6, 6.07) is 0. The van der Waals surface area contributed by atoms with Gasteiger partial charge in [0, 0.05) is 35.5 Å². The van der Waals surface area contributed by atoms with Crippen molar-refractivity contribution in [3.8, 4) is 5.19 Å². The molecule has 21 heavy (non-hydrogen) atoms. The summed E-state index contributed by atoms with van der Waals surface area (Å²) >= 11 is 1.51. The molecule has 0 aliphatic carbocycles. The molecule has 0 aromatic carbocycles. The zero-order chi connectivity index (χ0) is 16.1. The molecule has 0 bridgehead atoms. The maximum atomic E-state index is 5.05. The van der Waals surface area contributed by atoms with Gasteiger partial charge in [0.1, 0.15) is 0 Å². The van der Waals surface area contributed by atoms with E-state index in [1.54, 1.807) is 6.20 Å². The fourth-order valence-electron chi connectivity index (χ4n) is 0.405. The Hall–Kier alpha value is 0.229. The third-order valence-electron chi connectivity index (χ3n) is 2.18. The van der Waals surface area contributed by atoms with Crippen LogP contribution in [0.15, 0.2) is 11.6 Å². The van der Waals surface area contributed by atoms with Crippen molar-refractivity contribution in [2.24, 2.45) is 0 Å². The van der Waals surface area contributed by atoms with Crippen LogP contribution in [0.4, 0.5) is 0 Å². The number of rotatable bonds is 5. The van der Waals surface area contributed by atoms with Crippen molar-refractivity contribution in [1.29, 1.82) is 0 Å². The zero-order valence-electron chi connectivity index (χ0n) is 15.4. The van der Waals surface area contributed by atoms with Crippen LogP contribution < -0.4 is 4.74 Å². The van der Waals surface area contributed by atoms with Crippen molar-refractivity contribution in [3.63, 3.8) is 0 Å². The van der Waals surface area contributed by atoms with E-state index in [4.69, 9.17) is 4.74 Å². The second-order valence-corrected chi connectivity index (χ2v) is 5.09. The average Bonchev–Trinajstić information content (AvgIpc) is 3.01. The minimum atomic E-state index is 0. The van der Waals surface area contributed by atoms with Crippen LogP contribution >= 0.6 is 11.3 Å². The first kappa shape index (κ1) is 29.3. The number of thiazole rings is 1. The largest absolute Gasteiger partial charge is 0.470 e. The van der Waals surface area contributed by atoms with Crippen LogP contribution in [-0.2, 0) is 0 Å². The van der Waals surface area contributed by atoms with Gasteiger partial charge in [-0.25, -0.2) is 4.98 Å².